The number of fused-ring (bicyclic) bond motifs is 1. The molecule has 3 aliphatic rings. The standard InChI is InChI=1S/C24H30BrClN2O6/c1-2-33-23(32)17-18-22(31)28(11-5-3-4-6-12-29)20(24(18)13-16(25)19(17)34-24)21(30)27-15-9-7-14(26)8-10-15/h7-10,16-20,29H,2-6,11-13H2,1H3,(H,27,30)/t16?,17-,18-,19-,20?,24?/m0/s1. The number of aliphatic hydroxyl groups excluding tert-OH is 1. The van der Waals surface area contributed by atoms with Crippen LogP contribution in [0.3, 0.4) is 0 Å². The van der Waals surface area contributed by atoms with E-state index >= 15 is 0 Å². The first-order valence-electron chi connectivity index (χ1n) is 11.8. The first-order chi connectivity index (χ1) is 16.3. The third-order valence-corrected chi connectivity index (χ3v) is 8.11. The van der Waals surface area contributed by atoms with Crippen molar-refractivity contribution >= 4 is 51.0 Å². The number of nitrogens with zero attached hydrogens (tertiary/aromatic N) is 1. The number of unbranched alkanes of at least 4 members (excludes halogenated alkanes) is 3. The van der Waals surface area contributed by atoms with E-state index in [0.29, 0.717) is 36.5 Å². The summed E-state index contributed by atoms with van der Waals surface area (Å²) in [7, 11) is 0. The zero-order valence-electron chi connectivity index (χ0n) is 19.0. The van der Waals surface area contributed by atoms with E-state index in [1.807, 2.05) is 0 Å². The first kappa shape index (κ1) is 25.4. The number of carbonyl (C=O) groups is 3. The Kier molecular flexibility index (Phi) is 7.86. The molecule has 8 nitrogen and oxygen atoms in total. The van der Waals surface area contributed by atoms with Gasteiger partial charge in [-0.05, 0) is 50.5 Å². The predicted molar refractivity (Wildman–Crippen MR) is 130 cm³/mol. The van der Waals surface area contributed by atoms with E-state index in [0.717, 1.165) is 12.8 Å². The molecule has 2 amide bonds. The average Bonchev–Trinajstić information content (AvgIpc) is 3.39. The van der Waals surface area contributed by atoms with Crippen molar-refractivity contribution in [1.82, 2.24) is 4.90 Å². The lowest BCUT2D eigenvalue weighted by Crippen LogP contribution is -2.54. The minimum absolute atomic E-state index is 0.128. The summed E-state index contributed by atoms with van der Waals surface area (Å²) in [5, 5.41) is 12.5. The fourth-order valence-corrected chi connectivity index (χ4v) is 6.74. The SMILES string of the molecule is CCOC(=O)[C@H]1[C@H]2C(=O)N(CCCCCCO)C(C(=O)Nc3ccc(Cl)cc3)C23CC(Br)[C@@H]1O3. The van der Waals surface area contributed by atoms with Gasteiger partial charge in [-0.3, -0.25) is 14.4 Å². The minimum atomic E-state index is -1.10. The van der Waals surface area contributed by atoms with E-state index in [1.165, 1.54) is 0 Å². The molecule has 3 aliphatic heterocycles. The van der Waals surface area contributed by atoms with E-state index in [1.54, 1.807) is 36.1 Å². The highest BCUT2D eigenvalue weighted by molar-refractivity contribution is 9.09. The number of nitrogens with one attached hydrogen (secondary N) is 1. The molecule has 2 bridgehead atoms. The molecule has 3 heterocycles. The van der Waals surface area contributed by atoms with Gasteiger partial charge in [0.15, 0.2) is 0 Å². The Balaban J connectivity index is 1.63. The van der Waals surface area contributed by atoms with Crippen molar-refractivity contribution in [3.8, 4) is 0 Å². The van der Waals surface area contributed by atoms with Crippen LogP contribution in [0.1, 0.15) is 39.0 Å². The van der Waals surface area contributed by atoms with Crippen LogP contribution in [-0.4, -0.2) is 70.1 Å². The fourth-order valence-electron chi connectivity index (χ4n) is 5.67. The number of esters is 1. The van der Waals surface area contributed by atoms with Gasteiger partial charge < -0.3 is 24.8 Å². The van der Waals surface area contributed by atoms with Gasteiger partial charge in [0.25, 0.3) is 0 Å². The number of rotatable bonds is 10. The summed E-state index contributed by atoms with van der Waals surface area (Å²) < 4.78 is 11.7. The molecule has 10 heteroatoms. The Hall–Kier alpha value is -1.68. The largest absolute Gasteiger partial charge is 0.466 e. The Labute approximate surface area is 212 Å². The molecule has 0 saturated carbocycles. The van der Waals surface area contributed by atoms with Gasteiger partial charge in [-0.15, -0.1) is 0 Å². The molecule has 186 valence electrons. The van der Waals surface area contributed by atoms with Gasteiger partial charge in [-0.25, -0.2) is 0 Å². The van der Waals surface area contributed by atoms with Gasteiger partial charge >= 0.3 is 5.97 Å². The van der Waals surface area contributed by atoms with Crippen LogP contribution in [0.25, 0.3) is 0 Å². The highest BCUT2D eigenvalue weighted by Crippen LogP contribution is 2.60. The van der Waals surface area contributed by atoms with Crippen molar-refractivity contribution in [1.29, 1.82) is 0 Å². The van der Waals surface area contributed by atoms with Crippen LogP contribution in [0, 0.1) is 11.8 Å². The molecule has 0 aromatic heterocycles. The minimum Gasteiger partial charge on any atom is -0.466 e. The maximum absolute atomic E-state index is 13.7. The number of carbonyl (C=O) groups excluding carboxylic acids is 3. The van der Waals surface area contributed by atoms with Crippen LogP contribution < -0.4 is 5.32 Å². The number of anilines is 1. The number of halogens is 2. The summed E-state index contributed by atoms with van der Waals surface area (Å²) in [5.41, 5.74) is -0.538. The quantitative estimate of drug-likeness (QED) is 0.260. The normalized spacial score (nSPS) is 31.6. The van der Waals surface area contributed by atoms with E-state index < -0.39 is 35.6 Å². The molecular formula is C24H30BrClN2O6. The lowest BCUT2D eigenvalue weighted by Gasteiger charge is -2.34. The van der Waals surface area contributed by atoms with Crippen molar-refractivity contribution in [3.05, 3.63) is 29.3 Å². The number of aliphatic hydroxyl groups is 1. The number of ether oxygens (including phenoxy) is 2. The van der Waals surface area contributed by atoms with Gasteiger partial charge in [0.1, 0.15) is 11.6 Å². The number of amides is 2. The van der Waals surface area contributed by atoms with Crippen LogP contribution in [0.2, 0.25) is 5.02 Å². The Morgan fingerprint density at radius 2 is 1.97 bits per heavy atom. The molecule has 0 radical (unpaired) electrons. The van der Waals surface area contributed by atoms with Crippen molar-refractivity contribution in [2.75, 3.05) is 25.1 Å². The van der Waals surface area contributed by atoms with E-state index in [-0.39, 0.29) is 29.9 Å². The third-order valence-electron chi connectivity index (χ3n) is 7.02. The summed E-state index contributed by atoms with van der Waals surface area (Å²) in [5.74, 6) is -2.56. The maximum atomic E-state index is 13.7. The highest BCUT2D eigenvalue weighted by atomic mass is 79.9. The van der Waals surface area contributed by atoms with Crippen LogP contribution >= 0.6 is 27.5 Å². The lowest BCUT2D eigenvalue weighted by molar-refractivity contribution is -0.154. The smallest absolute Gasteiger partial charge is 0.312 e. The number of likely N-dealkylation sites (tertiary alicyclic amines) is 1. The third kappa shape index (κ3) is 4.47. The molecule has 3 saturated heterocycles. The number of hydrogen-bond acceptors (Lipinski definition) is 6. The molecule has 3 fully saturated rings. The van der Waals surface area contributed by atoms with Gasteiger partial charge in [-0.1, -0.05) is 40.4 Å². The molecule has 1 spiro atoms. The lowest BCUT2D eigenvalue weighted by atomic mass is 9.70. The Morgan fingerprint density at radius 3 is 2.65 bits per heavy atom. The summed E-state index contributed by atoms with van der Waals surface area (Å²) in [6.07, 6.45) is 2.96. The topological polar surface area (TPSA) is 105 Å². The van der Waals surface area contributed by atoms with Crippen molar-refractivity contribution < 1.29 is 29.0 Å². The second-order valence-corrected chi connectivity index (χ2v) is 10.7. The molecule has 1 aromatic rings. The summed E-state index contributed by atoms with van der Waals surface area (Å²) in [4.78, 5) is 41.7. The molecule has 34 heavy (non-hydrogen) atoms. The van der Waals surface area contributed by atoms with Crippen LogP contribution in [0.5, 0.6) is 0 Å². The fraction of sp³-hybridized carbons (Fsp3) is 0.625. The molecule has 1 aromatic carbocycles. The van der Waals surface area contributed by atoms with Gasteiger partial charge in [0.05, 0.1) is 24.5 Å². The van der Waals surface area contributed by atoms with Crippen molar-refractivity contribution in [2.24, 2.45) is 11.8 Å². The molecule has 0 aliphatic carbocycles. The van der Waals surface area contributed by atoms with E-state index in [4.69, 9.17) is 26.2 Å². The Bertz CT molecular complexity index is 931. The predicted octanol–water partition coefficient (Wildman–Crippen LogP) is 3.14. The van der Waals surface area contributed by atoms with Crippen LogP contribution in [-0.2, 0) is 23.9 Å². The molecular weight excluding hydrogens is 528 g/mol. The maximum Gasteiger partial charge on any atom is 0.312 e. The van der Waals surface area contributed by atoms with Gasteiger partial charge in [0, 0.05) is 28.7 Å². The zero-order valence-corrected chi connectivity index (χ0v) is 21.4. The average molecular weight is 558 g/mol. The molecule has 6 atom stereocenters. The summed E-state index contributed by atoms with van der Waals surface area (Å²) in [6, 6.07) is 5.89. The van der Waals surface area contributed by atoms with Crippen molar-refractivity contribution in [3.63, 3.8) is 0 Å². The second kappa shape index (κ2) is 10.5. The monoisotopic (exact) mass is 556 g/mol. The zero-order chi connectivity index (χ0) is 24.5. The van der Waals surface area contributed by atoms with E-state index in [9.17, 15) is 14.4 Å². The van der Waals surface area contributed by atoms with Crippen LogP contribution in [0.4, 0.5) is 5.69 Å². The van der Waals surface area contributed by atoms with Gasteiger partial charge in [0.2, 0.25) is 11.8 Å². The first-order valence-corrected chi connectivity index (χ1v) is 13.1. The summed E-state index contributed by atoms with van der Waals surface area (Å²) in [6.45, 7) is 2.43. The highest BCUT2D eigenvalue weighted by Gasteiger charge is 2.76. The molecule has 3 unspecified atom stereocenters. The van der Waals surface area contributed by atoms with Crippen molar-refractivity contribution in [2.45, 2.75) is 61.6 Å². The van der Waals surface area contributed by atoms with Gasteiger partial charge in [-0.2, -0.15) is 0 Å². The summed E-state index contributed by atoms with van der Waals surface area (Å²) >= 11 is 9.60. The molecule has 2 N–H and O–H groups in total. The number of alkyl halides is 1. The molecule has 4 rings (SSSR count). The van der Waals surface area contributed by atoms with E-state index in [2.05, 4.69) is 21.2 Å². The second-order valence-electron chi connectivity index (χ2n) is 9.08. The number of hydrogen-bond donors (Lipinski definition) is 2. The number of benzene rings is 1. The van der Waals surface area contributed by atoms with Crippen LogP contribution in [0.15, 0.2) is 24.3 Å². The Morgan fingerprint density at radius 1 is 1.26 bits per heavy atom.